The number of hydrogen-bond donors (Lipinski definition) is 2. The van der Waals surface area contributed by atoms with Gasteiger partial charge >= 0.3 is 0 Å². The third-order valence-electron chi connectivity index (χ3n) is 1.83. The number of hydrogen-bond acceptors (Lipinski definition) is 5. The first kappa shape index (κ1) is 8.15. The Morgan fingerprint density at radius 3 is 2.08 bits per heavy atom. The molecule has 2 unspecified atom stereocenters. The van der Waals surface area contributed by atoms with Gasteiger partial charge in [-0.2, -0.15) is 0 Å². The van der Waals surface area contributed by atoms with Gasteiger partial charge in [0.2, 0.25) is 12.7 Å². The number of aliphatic hydroxyl groups excluding tert-OH is 2. The van der Waals surface area contributed by atoms with Gasteiger partial charge in [0.1, 0.15) is 0 Å². The molecule has 1 aromatic rings. The Kier molecular flexibility index (Phi) is 1.96. The molecule has 0 fully saturated rings. The zero-order valence-corrected chi connectivity index (χ0v) is 6.78. The van der Waals surface area contributed by atoms with Gasteiger partial charge in [0.15, 0.2) is 0 Å². The second-order valence-corrected chi connectivity index (χ2v) is 2.67. The standard InChI is InChI=1S/C8H9N3O2/c12-7-9-10-8(13)11(7)6-4-2-1-3-5-6/h1-5,7-8,12-13H. The molecule has 0 radical (unpaired) electrons. The topological polar surface area (TPSA) is 68.4 Å². The molecule has 68 valence electrons. The molecule has 0 amide bonds. The Bertz CT molecular complexity index is 302. The maximum absolute atomic E-state index is 9.32. The molecule has 0 aliphatic carbocycles. The van der Waals surface area contributed by atoms with Crippen LogP contribution in [0.25, 0.3) is 0 Å². The monoisotopic (exact) mass is 179 g/mol. The van der Waals surface area contributed by atoms with E-state index in [1.54, 1.807) is 12.1 Å². The van der Waals surface area contributed by atoms with Crippen LogP contribution < -0.4 is 4.90 Å². The van der Waals surface area contributed by atoms with Gasteiger partial charge in [0.05, 0.1) is 0 Å². The normalized spacial score (nSPS) is 26.8. The van der Waals surface area contributed by atoms with E-state index < -0.39 is 12.7 Å². The number of aliphatic hydroxyl groups is 2. The van der Waals surface area contributed by atoms with E-state index in [1.807, 2.05) is 18.2 Å². The number of azo groups is 1. The van der Waals surface area contributed by atoms with E-state index in [4.69, 9.17) is 0 Å². The highest BCUT2D eigenvalue weighted by Gasteiger charge is 2.28. The highest BCUT2D eigenvalue weighted by molar-refractivity contribution is 5.47. The summed E-state index contributed by atoms with van der Waals surface area (Å²) in [4.78, 5) is 1.31. The van der Waals surface area contributed by atoms with Crippen LogP contribution in [0.5, 0.6) is 0 Å². The number of para-hydroxylation sites is 1. The lowest BCUT2D eigenvalue weighted by Crippen LogP contribution is -2.36. The van der Waals surface area contributed by atoms with Crippen molar-refractivity contribution in [2.75, 3.05) is 4.90 Å². The first-order chi connectivity index (χ1) is 6.29. The average molecular weight is 179 g/mol. The molecule has 0 bridgehead atoms. The molecule has 0 saturated heterocycles. The van der Waals surface area contributed by atoms with Gasteiger partial charge in [0.25, 0.3) is 0 Å². The van der Waals surface area contributed by atoms with Crippen molar-refractivity contribution >= 4 is 5.69 Å². The summed E-state index contributed by atoms with van der Waals surface area (Å²) in [5.74, 6) is 0. The molecular formula is C8H9N3O2. The van der Waals surface area contributed by atoms with E-state index in [1.165, 1.54) is 4.90 Å². The zero-order chi connectivity index (χ0) is 9.26. The van der Waals surface area contributed by atoms with Crippen molar-refractivity contribution in [3.8, 4) is 0 Å². The summed E-state index contributed by atoms with van der Waals surface area (Å²) in [5, 5.41) is 25.5. The van der Waals surface area contributed by atoms with E-state index in [2.05, 4.69) is 10.2 Å². The third kappa shape index (κ3) is 1.39. The maximum Gasteiger partial charge on any atom is 0.248 e. The van der Waals surface area contributed by atoms with Crippen LogP contribution in [0.2, 0.25) is 0 Å². The Morgan fingerprint density at radius 2 is 1.54 bits per heavy atom. The molecule has 2 rings (SSSR count). The summed E-state index contributed by atoms with van der Waals surface area (Å²) in [7, 11) is 0. The number of anilines is 1. The second-order valence-electron chi connectivity index (χ2n) is 2.67. The maximum atomic E-state index is 9.32. The lowest BCUT2D eigenvalue weighted by molar-refractivity contribution is 0.130. The van der Waals surface area contributed by atoms with Gasteiger partial charge in [-0.3, -0.25) is 4.90 Å². The first-order valence-electron chi connectivity index (χ1n) is 3.88. The highest BCUT2D eigenvalue weighted by Crippen LogP contribution is 2.23. The molecule has 2 N–H and O–H groups in total. The Labute approximate surface area is 75.0 Å². The van der Waals surface area contributed by atoms with Crippen molar-refractivity contribution in [2.24, 2.45) is 10.2 Å². The minimum absolute atomic E-state index is 0.688. The van der Waals surface area contributed by atoms with Crippen LogP contribution in [0.3, 0.4) is 0 Å². The molecule has 1 aliphatic rings. The highest BCUT2D eigenvalue weighted by atomic mass is 16.4. The van der Waals surface area contributed by atoms with E-state index in [-0.39, 0.29) is 0 Å². The van der Waals surface area contributed by atoms with Gasteiger partial charge in [-0.1, -0.05) is 18.2 Å². The number of rotatable bonds is 1. The fraction of sp³-hybridized carbons (Fsp3) is 0.250. The van der Waals surface area contributed by atoms with Crippen LogP contribution in [-0.4, -0.2) is 22.9 Å². The smallest absolute Gasteiger partial charge is 0.248 e. The van der Waals surface area contributed by atoms with Crippen LogP contribution in [-0.2, 0) is 0 Å². The molecule has 2 atom stereocenters. The first-order valence-corrected chi connectivity index (χ1v) is 3.88. The van der Waals surface area contributed by atoms with Gasteiger partial charge in [-0.25, -0.2) is 0 Å². The second kappa shape index (κ2) is 3.12. The summed E-state index contributed by atoms with van der Waals surface area (Å²) < 4.78 is 0. The predicted octanol–water partition coefficient (Wildman–Crippen LogP) is 0.511. The SMILES string of the molecule is OC1N=NC(O)N1c1ccccc1. The summed E-state index contributed by atoms with van der Waals surface area (Å²) in [5.41, 5.74) is 0.688. The molecule has 13 heavy (non-hydrogen) atoms. The zero-order valence-electron chi connectivity index (χ0n) is 6.78. The fourth-order valence-corrected chi connectivity index (χ4v) is 1.22. The Hall–Kier alpha value is -1.46. The van der Waals surface area contributed by atoms with Crippen molar-refractivity contribution < 1.29 is 10.2 Å². The minimum Gasteiger partial charge on any atom is -0.354 e. The fourth-order valence-electron chi connectivity index (χ4n) is 1.22. The van der Waals surface area contributed by atoms with Crippen molar-refractivity contribution in [1.29, 1.82) is 0 Å². The number of nitrogens with zero attached hydrogens (tertiary/aromatic N) is 3. The van der Waals surface area contributed by atoms with E-state index in [9.17, 15) is 10.2 Å². The number of benzene rings is 1. The molecule has 1 aliphatic heterocycles. The van der Waals surface area contributed by atoms with Crippen LogP contribution in [0.1, 0.15) is 0 Å². The van der Waals surface area contributed by atoms with Crippen LogP contribution >= 0.6 is 0 Å². The van der Waals surface area contributed by atoms with Crippen molar-refractivity contribution in [3.05, 3.63) is 30.3 Å². The molecule has 5 heteroatoms. The summed E-state index contributed by atoms with van der Waals surface area (Å²) in [6.45, 7) is 0. The van der Waals surface area contributed by atoms with E-state index >= 15 is 0 Å². The average Bonchev–Trinajstić information content (AvgIpc) is 2.48. The van der Waals surface area contributed by atoms with Gasteiger partial charge in [-0.05, 0) is 12.1 Å². The predicted molar refractivity (Wildman–Crippen MR) is 45.8 cm³/mol. The van der Waals surface area contributed by atoms with Crippen molar-refractivity contribution in [2.45, 2.75) is 12.7 Å². The molecule has 1 heterocycles. The quantitative estimate of drug-likeness (QED) is 0.660. The molecule has 0 aromatic heterocycles. The molecule has 0 spiro atoms. The van der Waals surface area contributed by atoms with Gasteiger partial charge in [0, 0.05) is 5.69 Å². The molecular weight excluding hydrogens is 170 g/mol. The molecule has 5 nitrogen and oxygen atoms in total. The van der Waals surface area contributed by atoms with Gasteiger partial charge in [-0.15, -0.1) is 10.2 Å². The van der Waals surface area contributed by atoms with Crippen molar-refractivity contribution in [3.63, 3.8) is 0 Å². The lowest BCUT2D eigenvalue weighted by Gasteiger charge is -2.22. The lowest BCUT2D eigenvalue weighted by atomic mass is 10.3. The van der Waals surface area contributed by atoms with Crippen molar-refractivity contribution in [1.82, 2.24) is 0 Å². The van der Waals surface area contributed by atoms with E-state index in [0.717, 1.165) is 0 Å². The van der Waals surface area contributed by atoms with Crippen LogP contribution in [0.15, 0.2) is 40.6 Å². The Morgan fingerprint density at radius 1 is 1.00 bits per heavy atom. The van der Waals surface area contributed by atoms with E-state index in [0.29, 0.717) is 5.69 Å². The van der Waals surface area contributed by atoms with Crippen LogP contribution in [0.4, 0.5) is 5.69 Å². The summed E-state index contributed by atoms with van der Waals surface area (Å²) in [6.07, 6.45) is -2.17. The largest absolute Gasteiger partial charge is 0.354 e. The summed E-state index contributed by atoms with van der Waals surface area (Å²) >= 11 is 0. The van der Waals surface area contributed by atoms with Gasteiger partial charge < -0.3 is 10.2 Å². The Balaban J connectivity index is 2.27. The summed E-state index contributed by atoms with van der Waals surface area (Å²) in [6, 6.07) is 9.01. The molecule has 0 saturated carbocycles. The van der Waals surface area contributed by atoms with Crippen LogP contribution in [0, 0.1) is 0 Å². The molecule has 1 aromatic carbocycles. The minimum atomic E-state index is -1.09. The third-order valence-corrected chi connectivity index (χ3v) is 1.83.